The maximum Gasteiger partial charge on any atom is 0.258 e. The summed E-state index contributed by atoms with van der Waals surface area (Å²) in [6.07, 6.45) is 0.849. The third-order valence-corrected chi connectivity index (χ3v) is 5.72. The molecular formula is C25H26N2O3. The van der Waals surface area contributed by atoms with Gasteiger partial charge in [0.05, 0.1) is 20.3 Å². The summed E-state index contributed by atoms with van der Waals surface area (Å²) in [5, 5.41) is 0. The molecule has 3 aromatic rings. The molecule has 0 N–H and O–H groups in total. The highest BCUT2D eigenvalue weighted by Gasteiger charge is 2.31. The van der Waals surface area contributed by atoms with Crippen LogP contribution in [0.4, 0.5) is 11.4 Å². The molecule has 1 aliphatic rings. The Labute approximate surface area is 177 Å². The minimum atomic E-state index is -0.0378. The molecule has 1 amide bonds. The molecule has 0 saturated heterocycles. The number of hydrogen-bond donors (Lipinski definition) is 0. The van der Waals surface area contributed by atoms with Gasteiger partial charge in [0, 0.05) is 30.5 Å². The summed E-state index contributed by atoms with van der Waals surface area (Å²) < 4.78 is 10.7. The number of amides is 1. The lowest BCUT2D eigenvalue weighted by Crippen LogP contribution is -2.40. The van der Waals surface area contributed by atoms with E-state index < -0.39 is 0 Å². The normalized spacial score (nSPS) is 15.3. The Morgan fingerprint density at radius 2 is 1.63 bits per heavy atom. The fourth-order valence-corrected chi connectivity index (χ4v) is 4.12. The van der Waals surface area contributed by atoms with E-state index in [9.17, 15) is 4.79 Å². The fourth-order valence-electron chi connectivity index (χ4n) is 4.12. The van der Waals surface area contributed by atoms with E-state index in [4.69, 9.17) is 9.47 Å². The summed E-state index contributed by atoms with van der Waals surface area (Å²) in [7, 11) is 5.28. The quantitative estimate of drug-likeness (QED) is 0.607. The summed E-state index contributed by atoms with van der Waals surface area (Å²) >= 11 is 0. The second-order valence-electron chi connectivity index (χ2n) is 7.34. The van der Waals surface area contributed by atoms with Crippen LogP contribution in [0.5, 0.6) is 11.5 Å². The number of benzene rings is 3. The number of methoxy groups -OCH3 is 2. The first-order valence-electron chi connectivity index (χ1n) is 10.0. The zero-order valence-electron chi connectivity index (χ0n) is 17.5. The monoisotopic (exact) mass is 402 g/mol. The van der Waals surface area contributed by atoms with E-state index >= 15 is 0 Å². The van der Waals surface area contributed by atoms with E-state index in [-0.39, 0.29) is 11.9 Å². The highest BCUT2D eigenvalue weighted by atomic mass is 16.5. The highest BCUT2D eigenvalue weighted by Crippen LogP contribution is 2.39. The van der Waals surface area contributed by atoms with Gasteiger partial charge in [-0.2, -0.15) is 0 Å². The van der Waals surface area contributed by atoms with Gasteiger partial charge in [0.2, 0.25) is 0 Å². The molecule has 3 aromatic carbocycles. The van der Waals surface area contributed by atoms with Crippen molar-refractivity contribution in [3.63, 3.8) is 0 Å². The largest absolute Gasteiger partial charge is 0.493 e. The molecule has 1 heterocycles. The zero-order chi connectivity index (χ0) is 21.1. The third-order valence-electron chi connectivity index (χ3n) is 5.72. The van der Waals surface area contributed by atoms with Crippen LogP contribution in [0.3, 0.4) is 0 Å². The Morgan fingerprint density at radius 3 is 2.37 bits per heavy atom. The maximum absolute atomic E-state index is 13.4. The lowest BCUT2D eigenvalue weighted by atomic mass is 9.94. The van der Waals surface area contributed by atoms with Crippen LogP contribution in [0.2, 0.25) is 0 Å². The van der Waals surface area contributed by atoms with Gasteiger partial charge in [-0.3, -0.25) is 4.79 Å². The van der Waals surface area contributed by atoms with Crippen molar-refractivity contribution in [1.82, 2.24) is 0 Å². The van der Waals surface area contributed by atoms with E-state index in [1.54, 1.807) is 32.4 Å². The standard InChI is InChI=1S/C25H26N2O3/c1-26(19-9-5-4-6-10-19)21-15-16-27(22-12-8-7-11-20(21)22)25(28)18-13-14-23(29-2)24(17-18)30-3/h4-14,17,21H,15-16H2,1-3H3. The minimum absolute atomic E-state index is 0.0378. The van der Waals surface area contributed by atoms with Gasteiger partial charge in [0.1, 0.15) is 0 Å². The predicted octanol–water partition coefficient (Wildman–Crippen LogP) is 4.93. The van der Waals surface area contributed by atoms with Crippen molar-refractivity contribution in [2.45, 2.75) is 12.5 Å². The average molecular weight is 402 g/mol. The first-order chi connectivity index (χ1) is 14.6. The van der Waals surface area contributed by atoms with Crippen LogP contribution >= 0.6 is 0 Å². The molecule has 0 bridgehead atoms. The van der Waals surface area contributed by atoms with Crippen LogP contribution in [0.1, 0.15) is 28.4 Å². The van der Waals surface area contributed by atoms with E-state index in [0.717, 1.165) is 23.4 Å². The van der Waals surface area contributed by atoms with Gasteiger partial charge >= 0.3 is 0 Å². The number of nitrogens with zero attached hydrogens (tertiary/aromatic N) is 2. The Bertz CT molecular complexity index is 1040. The van der Waals surface area contributed by atoms with Crippen molar-refractivity contribution >= 4 is 17.3 Å². The molecule has 0 aromatic heterocycles. The van der Waals surface area contributed by atoms with Crippen molar-refractivity contribution < 1.29 is 14.3 Å². The van der Waals surface area contributed by atoms with Crippen LogP contribution in [0.25, 0.3) is 0 Å². The molecule has 0 fully saturated rings. The molecule has 30 heavy (non-hydrogen) atoms. The number of rotatable bonds is 5. The summed E-state index contributed by atoms with van der Waals surface area (Å²) in [5.74, 6) is 1.12. The fraction of sp³-hybridized carbons (Fsp3) is 0.240. The predicted molar refractivity (Wildman–Crippen MR) is 120 cm³/mol. The topological polar surface area (TPSA) is 42.0 Å². The lowest BCUT2D eigenvalue weighted by molar-refractivity contribution is 0.0983. The van der Waals surface area contributed by atoms with Crippen LogP contribution in [0, 0.1) is 0 Å². The second-order valence-corrected chi connectivity index (χ2v) is 7.34. The van der Waals surface area contributed by atoms with E-state index in [1.807, 2.05) is 41.3 Å². The van der Waals surface area contributed by atoms with Crippen molar-refractivity contribution in [3.05, 3.63) is 83.9 Å². The van der Waals surface area contributed by atoms with Crippen LogP contribution in [0.15, 0.2) is 72.8 Å². The van der Waals surface area contributed by atoms with Gasteiger partial charge < -0.3 is 19.3 Å². The van der Waals surface area contributed by atoms with Crippen LogP contribution in [-0.4, -0.2) is 33.7 Å². The Morgan fingerprint density at radius 1 is 0.933 bits per heavy atom. The Hall–Kier alpha value is -3.47. The SMILES string of the molecule is COc1ccc(C(=O)N2CCC(N(C)c3ccccc3)c3ccccc32)cc1OC. The first-order valence-corrected chi connectivity index (χ1v) is 10.0. The maximum atomic E-state index is 13.4. The van der Waals surface area contributed by atoms with Crippen molar-refractivity contribution in [2.75, 3.05) is 37.6 Å². The Kier molecular flexibility index (Phi) is 5.61. The molecule has 5 nitrogen and oxygen atoms in total. The Balaban J connectivity index is 1.66. The molecule has 1 atom stereocenters. The van der Waals surface area contributed by atoms with Gasteiger partial charge in [0.25, 0.3) is 5.91 Å². The van der Waals surface area contributed by atoms with Gasteiger partial charge in [0.15, 0.2) is 11.5 Å². The molecule has 0 saturated carbocycles. The molecule has 4 rings (SSSR count). The zero-order valence-corrected chi connectivity index (χ0v) is 17.5. The number of para-hydroxylation sites is 2. The van der Waals surface area contributed by atoms with Crippen LogP contribution in [-0.2, 0) is 0 Å². The van der Waals surface area contributed by atoms with E-state index in [0.29, 0.717) is 23.6 Å². The number of ether oxygens (including phenoxy) is 2. The molecule has 0 spiro atoms. The second kappa shape index (κ2) is 8.49. The number of anilines is 2. The molecule has 1 unspecified atom stereocenters. The smallest absolute Gasteiger partial charge is 0.258 e. The van der Waals surface area contributed by atoms with E-state index in [2.05, 4.69) is 30.1 Å². The summed E-state index contributed by atoms with van der Waals surface area (Å²) in [6.45, 7) is 0.645. The molecule has 0 radical (unpaired) electrons. The molecule has 5 heteroatoms. The first kappa shape index (κ1) is 19.8. The molecular weight excluding hydrogens is 376 g/mol. The lowest BCUT2D eigenvalue weighted by Gasteiger charge is -2.39. The summed E-state index contributed by atoms with van der Waals surface area (Å²) in [4.78, 5) is 17.5. The number of fused-ring (bicyclic) bond motifs is 1. The summed E-state index contributed by atoms with van der Waals surface area (Å²) in [5.41, 5.74) is 3.86. The van der Waals surface area contributed by atoms with Gasteiger partial charge in [-0.25, -0.2) is 0 Å². The highest BCUT2D eigenvalue weighted by molar-refractivity contribution is 6.07. The van der Waals surface area contributed by atoms with Crippen molar-refractivity contribution in [1.29, 1.82) is 0 Å². The van der Waals surface area contributed by atoms with Crippen LogP contribution < -0.4 is 19.3 Å². The number of carbonyl (C=O) groups excluding carboxylic acids is 1. The summed E-state index contributed by atoms with van der Waals surface area (Å²) in [6, 6.07) is 24.0. The average Bonchev–Trinajstić information content (AvgIpc) is 2.82. The molecule has 0 aliphatic carbocycles. The molecule has 1 aliphatic heterocycles. The van der Waals surface area contributed by atoms with Crippen molar-refractivity contribution in [2.24, 2.45) is 0 Å². The molecule has 154 valence electrons. The van der Waals surface area contributed by atoms with Gasteiger partial charge in [-0.15, -0.1) is 0 Å². The number of hydrogen-bond acceptors (Lipinski definition) is 4. The van der Waals surface area contributed by atoms with Crippen molar-refractivity contribution in [3.8, 4) is 11.5 Å². The number of carbonyl (C=O) groups is 1. The van der Waals surface area contributed by atoms with Gasteiger partial charge in [-0.1, -0.05) is 36.4 Å². The minimum Gasteiger partial charge on any atom is -0.493 e. The third kappa shape index (κ3) is 3.59. The van der Waals surface area contributed by atoms with Gasteiger partial charge in [-0.05, 0) is 48.4 Å². The van der Waals surface area contributed by atoms with E-state index in [1.165, 1.54) is 0 Å².